The predicted octanol–water partition coefficient (Wildman–Crippen LogP) is 2.94. The molecule has 4 rings (SSSR count). The molecule has 0 fully saturated rings. The van der Waals surface area contributed by atoms with Gasteiger partial charge in [-0.2, -0.15) is 17.9 Å². The number of alkyl halides is 3. The molecule has 1 N–H and O–H groups in total. The first kappa shape index (κ1) is 27.0. The maximum absolute atomic E-state index is 13.2. The Kier molecular flexibility index (Phi) is 7.64. The van der Waals surface area contributed by atoms with Crippen molar-refractivity contribution < 1.29 is 27.8 Å². The Labute approximate surface area is 218 Å². The standard InChI is InChI=1S/C23H21ClF3N7O4/c1-13(38-14(2)35)20-29-18(30-34(20)19-5-3-4-10-28-19)12-33-22(37)32(11-17(36)23(25,26)27)21(31-33)15-6-8-16(24)9-7-15/h3-10,13,17,36H,11-12H2,1-2H3/t13-,17+/m1/s1. The molecular weight excluding hydrogens is 531 g/mol. The molecule has 0 radical (unpaired) electrons. The Bertz CT molecular complexity index is 1480. The van der Waals surface area contributed by atoms with Gasteiger partial charge in [-0.15, -0.1) is 10.2 Å². The van der Waals surface area contributed by atoms with E-state index in [9.17, 15) is 27.9 Å². The smallest absolute Gasteiger partial charge is 0.416 e. The summed E-state index contributed by atoms with van der Waals surface area (Å²) in [6.07, 6.45) is -7.07. The molecule has 4 aromatic rings. The summed E-state index contributed by atoms with van der Waals surface area (Å²) >= 11 is 5.91. The molecule has 0 unspecified atom stereocenters. The second-order valence-electron chi connectivity index (χ2n) is 8.18. The van der Waals surface area contributed by atoms with Crippen LogP contribution in [0, 0.1) is 0 Å². The summed E-state index contributed by atoms with van der Waals surface area (Å²) in [5, 5.41) is 18.6. The fourth-order valence-corrected chi connectivity index (χ4v) is 3.71. The van der Waals surface area contributed by atoms with Crippen molar-refractivity contribution >= 4 is 17.6 Å². The lowest BCUT2D eigenvalue weighted by molar-refractivity contribution is -0.207. The van der Waals surface area contributed by atoms with E-state index in [-0.39, 0.29) is 24.0 Å². The van der Waals surface area contributed by atoms with Crippen LogP contribution in [0.25, 0.3) is 17.2 Å². The third-order valence-electron chi connectivity index (χ3n) is 5.30. The van der Waals surface area contributed by atoms with Crippen molar-refractivity contribution in [3.63, 3.8) is 0 Å². The van der Waals surface area contributed by atoms with E-state index < -0.39 is 36.6 Å². The number of ether oxygens (including phenoxy) is 1. The van der Waals surface area contributed by atoms with E-state index in [1.54, 1.807) is 25.1 Å². The maximum atomic E-state index is 13.2. The zero-order valence-electron chi connectivity index (χ0n) is 20.0. The second-order valence-corrected chi connectivity index (χ2v) is 8.61. The van der Waals surface area contributed by atoms with Crippen molar-refractivity contribution in [1.29, 1.82) is 0 Å². The van der Waals surface area contributed by atoms with E-state index >= 15 is 0 Å². The Morgan fingerprint density at radius 2 is 1.87 bits per heavy atom. The molecule has 0 spiro atoms. The third-order valence-corrected chi connectivity index (χ3v) is 5.55. The minimum absolute atomic E-state index is 0.0513. The number of carbonyl (C=O) groups is 1. The number of aliphatic hydroxyl groups excluding tert-OH is 1. The van der Waals surface area contributed by atoms with Gasteiger partial charge in [0.1, 0.15) is 6.54 Å². The molecule has 0 bridgehead atoms. The lowest BCUT2D eigenvalue weighted by atomic mass is 10.2. The highest BCUT2D eigenvalue weighted by molar-refractivity contribution is 6.30. The van der Waals surface area contributed by atoms with E-state index in [2.05, 4.69) is 20.2 Å². The van der Waals surface area contributed by atoms with Crippen LogP contribution in [0.1, 0.15) is 31.6 Å². The highest BCUT2D eigenvalue weighted by atomic mass is 35.5. The molecule has 0 saturated carbocycles. The van der Waals surface area contributed by atoms with Crippen molar-refractivity contribution in [2.24, 2.45) is 0 Å². The third kappa shape index (κ3) is 5.92. The molecule has 0 aliphatic carbocycles. The van der Waals surface area contributed by atoms with E-state index in [4.69, 9.17) is 16.3 Å². The molecule has 15 heteroatoms. The Morgan fingerprint density at radius 1 is 1.16 bits per heavy atom. The summed E-state index contributed by atoms with van der Waals surface area (Å²) in [6, 6.07) is 11.0. The SMILES string of the molecule is CC(=O)O[C@H](C)c1nc(Cn2nc(-c3ccc(Cl)cc3)n(C[C@H](O)C(F)(F)F)c2=O)nn1-c1ccccn1. The predicted molar refractivity (Wildman–Crippen MR) is 127 cm³/mol. The maximum Gasteiger partial charge on any atom is 0.416 e. The number of nitrogens with zero attached hydrogens (tertiary/aromatic N) is 7. The first-order valence-electron chi connectivity index (χ1n) is 11.2. The number of aliphatic hydroxyl groups is 1. The molecule has 0 aliphatic rings. The topological polar surface area (TPSA) is 130 Å². The van der Waals surface area contributed by atoms with Gasteiger partial charge in [0, 0.05) is 23.7 Å². The van der Waals surface area contributed by atoms with Gasteiger partial charge in [0.2, 0.25) is 0 Å². The number of esters is 1. The molecule has 3 aromatic heterocycles. The average Bonchev–Trinajstić information content (AvgIpc) is 3.41. The van der Waals surface area contributed by atoms with Crippen LogP contribution in [-0.2, 0) is 22.6 Å². The second kappa shape index (κ2) is 10.8. The highest BCUT2D eigenvalue weighted by Gasteiger charge is 2.39. The summed E-state index contributed by atoms with van der Waals surface area (Å²) in [4.78, 5) is 33.3. The van der Waals surface area contributed by atoms with Crippen LogP contribution >= 0.6 is 11.6 Å². The number of aromatic nitrogens is 7. The van der Waals surface area contributed by atoms with Gasteiger partial charge >= 0.3 is 17.8 Å². The molecular formula is C23H21ClF3N7O4. The fourth-order valence-electron chi connectivity index (χ4n) is 3.58. The van der Waals surface area contributed by atoms with Crippen LogP contribution in [0.5, 0.6) is 0 Å². The van der Waals surface area contributed by atoms with Crippen molar-refractivity contribution in [2.45, 2.75) is 45.3 Å². The van der Waals surface area contributed by atoms with Gasteiger partial charge < -0.3 is 9.84 Å². The van der Waals surface area contributed by atoms with Crippen molar-refractivity contribution in [1.82, 2.24) is 34.1 Å². The zero-order valence-corrected chi connectivity index (χ0v) is 20.8. The molecule has 1 aromatic carbocycles. The number of hydrogen-bond donors (Lipinski definition) is 1. The molecule has 2 atom stereocenters. The Balaban J connectivity index is 1.77. The number of carbonyl (C=O) groups excluding carboxylic acids is 1. The minimum Gasteiger partial charge on any atom is -0.455 e. The Morgan fingerprint density at radius 3 is 2.47 bits per heavy atom. The van der Waals surface area contributed by atoms with Gasteiger partial charge in [0.05, 0.1) is 6.54 Å². The van der Waals surface area contributed by atoms with Crippen molar-refractivity contribution in [3.8, 4) is 17.2 Å². The van der Waals surface area contributed by atoms with Crippen LogP contribution in [0.3, 0.4) is 0 Å². The first-order chi connectivity index (χ1) is 17.9. The quantitative estimate of drug-likeness (QED) is 0.331. The molecule has 0 amide bonds. The van der Waals surface area contributed by atoms with Gasteiger partial charge in [-0.25, -0.2) is 19.4 Å². The summed E-state index contributed by atoms with van der Waals surface area (Å²) in [7, 11) is 0. The number of benzene rings is 1. The molecule has 11 nitrogen and oxygen atoms in total. The summed E-state index contributed by atoms with van der Waals surface area (Å²) in [6.45, 7) is 1.39. The van der Waals surface area contributed by atoms with Crippen LogP contribution in [0.15, 0.2) is 53.5 Å². The van der Waals surface area contributed by atoms with E-state index in [1.807, 2.05) is 0 Å². The number of halogens is 4. The highest BCUT2D eigenvalue weighted by Crippen LogP contribution is 2.24. The van der Waals surface area contributed by atoms with Gasteiger partial charge in [-0.3, -0.25) is 9.36 Å². The van der Waals surface area contributed by atoms with Crippen LogP contribution < -0.4 is 5.69 Å². The summed E-state index contributed by atoms with van der Waals surface area (Å²) in [5.41, 5.74) is -0.627. The summed E-state index contributed by atoms with van der Waals surface area (Å²) in [5.74, 6) is -0.0662. The lowest BCUT2D eigenvalue weighted by Crippen LogP contribution is -2.37. The number of rotatable bonds is 8. The van der Waals surface area contributed by atoms with Crippen LogP contribution in [-0.4, -0.2) is 57.5 Å². The van der Waals surface area contributed by atoms with E-state index in [0.717, 1.165) is 9.25 Å². The van der Waals surface area contributed by atoms with Crippen molar-refractivity contribution in [2.75, 3.05) is 0 Å². The molecule has 38 heavy (non-hydrogen) atoms. The molecule has 0 saturated heterocycles. The van der Waals surface area contributed by atoms with Crippen molar-refractivity contribution in [3.05, 3.63) is 75.8 Å². The molecule has 3 heterocycles. The van der Waals surface area contributed by atoms with E-state index in [0.29, 0.717) is 16.4 Å². The minimum atomic E-state index is -4.95. The number of hydrogen-bond acceptors (Lipinski definition) is 8. The van der Waals surface area contributed by atoms with Crippen LogP contribution in [0.4, 0.5) is 13.2 Å². The van der Waals surface area contributed by atoms with Gasteiger partial charge in [0.25, 0.3) is 0 Å². The first-order valence-corrected chi connectivity index (χ1v) is 11.5. The normalized spacial score (nSPS) is 13.3. The Hall–Kier alpha value is -4.04. The zero-order chi connectivity index (χ0) is 27.6. The van der Waals surface area contributed by atoms with Crippen LogP contribution in [0.2, 0.25) is 5.02 Å². The van der Waals surface area contributed by atoms with E-state index in [1.165, 1.54) is 42.1 Å². The van der Waals surface area contributed by atoms with Gasteiger partial charge in [-0.05, 0) is 43.3 Å². The van der Waals surface area contributed by atoms with Gasteiger partial charge in [0.15, 0.2) is 35.5 Å². The monoisotopic (exact) mass is 551 g/mol. The largest absolute Gasteiger partial charge is 0.455 e. The fraction of sp³-hybridized carbons (Fsp3) is 0.304. The molecule has 200 valence electrons. The average molecular weight is 552 g/mol. The summed E-state index contributed by atoms with van der Waals surface area (Å²) < 4.78 is 47.5. The lowest BCUT2D eigenvalue weighted by Gasteiger charge is -2.15. The number of pyridine rings is 1. The van der Waals surface area contributed by atoms with Gasteiger partial charge in [-0.1, -0.05) is 17.7 Å². The molecule has 0 aliphatic heterocycles.